The second kappa shape index (κ2) is 8.91. The van der Waals surface area contributed by atoms with Gasteiger partial charge in [-0.1, -0.05) is 51.3 Å². The van der Waals surface area contributed by atoms with Crippen LogP contribution in [-0.4, -0.2) is 0 Å². The van der Waals surface area contributed by atoms with Crippen LogP contribution in [0.5, 0.6) is 0 Å². The molecule has 0 saturated carbocycles. The number of halogens is 9. The summed E-state index contributed by atoms with van der Waals surface area (Å²) in [5.41, 5.74) is 1.31. The molecule has 0 unspecified atom stereocenters. The molecule has 0 heterocycles. The summed E-state index contributed by atoms with van der Waals surface area (Å²) in [7, 11) is -10.7. The Kier molecular flexibility index (Phi) is 7.52. The van der Waals surface area contributed by atoms with Crippen LogP contribution in [0.3, 0.4) is 0 Å². The Labute approximate surface area is 190 Å². The van der Waals surface area contributed by atoms with Gasteiger partial charge >= 0.3 is 33.0 Å². The third-order valence-electron chi connectivity index (χ3n) is 3.42. The molecule has 0 spiro atoms. The van der Waals surface area contributed by atoms with Gasteiger partial charge in [-0.25, -0.2) is 0 Å². The minimum atomic E-state index is -10.7. The van der Waals surface area contributed by atoms with Crippen LogP contribution in [0.4, 0.5) is 25.2 Å². The second-order valence-electron chi connectivity index (χ2n) is 6.03. The summed E-state index contributed by atoms with van der Waals surface area (Å²) in [4.78, 5) is 2.55. The Morgan fingerprint density at radius 2 is 0.967 bits per heavy atom. The zero-order valence-corrected chi connectivity index (χ0v) is 19.7. The summed E-state index contributed by atoms with van der Waals surface area (Å²) in [6.07, 6.45) is 0. The van der Waals surface area contributed by atoms with Gasteiger partial charge in [0, 0.05) is 20.1 Å². The molecule has 0 atom stereocenters. The monoisotopic (exact) mass is 568 g/mol. The Balaban J connectivity index is 0.000000396. The second-order valence-corrected chi connectivity index (χ2v) is 11.7. The number of rotatable bonds is 4. The molecular formula is C19H14BrCl2F6PS. The van der Waals surface area contributed by atoms with E-state index in [-0.39, 0.29) is 10.9 Å². The summed E-state index contributed by atoms with van der Waals surface area (Å²) < 4.78 is 60.3. The topological polar surface area (TPSA) is 0 Å². The van der Waals surface area contributed by atoms with Crippen LogP contribution in [0.2, 0.25) is 10.0 Å². The quantitative estimate of drug-likeness (QED) is 0.166. The first-order valence-corrected chi connectivity index (χ1v) is 13.1. The molecule has 0 amide bonds. The standard InChI is InChI=1S/C19H14BrCl2S.F6P/c20-15-3-1-14(2-4-15)13-23(18-9-5-16(21)6-10-18)19-11-7-17(22)8-12-19;1-7(2,3,4,5)6/h1-12H,13H2;/q+1;-1. The van der Waals surface area contributed by atoms with Crippen LogP contribution in [0.25, 0.3) is 0 Å². The Morgan fingerprint density at radius 3 is 1.30 bits per heavy atom. The normalized spacial score (nSPS) is 13.8. The number of benzene rings is 3. The molecule has 0 saturated heterocycles. The van der Waals surface area contributed by atoms with E-state index in [1.807, 2.05) is 24.3 Å². The van der Waals surface area contributed by atoms with E-state index in [9.17, 15) is 25.2 Å². The fraction of sp³-hybridized carbons (Fsp3) is 0.0526. The summed E-state index contributed by atoms with van der Waals surface area (Å²) >= 11 is 15.6. The SMILES string of the molecule is Clc1ccc([S+](Cc2ccc(Br)cc2)c2ccc(Cl)cc2)cc1.F[P-](F)(F)(F)(F)F. The van der Waals surface area contributed by atoms with Crippen molar-refractivity contribution >= 4 is 57.8 Å². The molecule has 0 N–H and O–H groups in total. The Morgan fingerprint density at radius 1 is 0.633 bits per heavy atom. The molecule has 164 valence electrons. The Bertz CT molecular complexity index is 923. The zero-order valence-electron chi connectivity index (χ0n) is 14.9. The first-order chi connectivity index (χ1) is 13.6. The predicted molar refractivity (Wildman–Crippen MR) is 118 cm³/mol. The van der Waals surface area contributed by atoms with Crippen LogP contribution in [0.1, 0.15) is 5.56 Å². The van der Waals surface area contributed by atoms with Crippen molar-refractivity contribution in [2.45, 2.75) is 15.5 Å². The molecule has 3 aromatic rings. The van der Waals surface area contributed by atoms with E-state index < -0.39 is 7.81 Å². The summed E-state index contributed by atoms with van der Waals surface area (Å²) in [5.74, 6) is 0.955. The summed E-state index contributed by atoms with van der Waals surface area (Å²) in [5, 5.41) is 1.52. The minimum absolute atomic E-state index is 0.0580. The average molecular weight is 570 g/mol. The fourth-order valence-electron chi connectivity index (χ4n) is 2.25. The van der Waals surface area contributed by atoms with Gasteiger partial charge in [0.25, 0.3) is 0 Å². The molecule has 0 aliphatic rings. The molecule has 0 aliphatic carbocycles. The fourth-order valence-corrected chi connectivity index (χ4v) is 4.82. The summed E-state index contributed by atoms with van der Waals surface area (Å²) in [6.45, 7) is 0. The van der Waals surface area contributed by atoms with E-state index in [2.05, 4.69) is 64.5 Å². The first kappa shape index (κ1) is 25.3. The molecule has 0 radical (unpaired) electrons. The molecule has 0 aromatic heterocycles. The van der Waals surface area contributed by atoms with Crippen LogP contribution < -0.4 is 0 Å². The summed E-state index contributed by atoms with van der Waals surface area (Å²) in [6, 6.07) is 24.7. The molecule has 0 aliphatic heterocycles. The zero-order chi connectivity index (χ0) is 22.6. The molecule has 0 nitrogen and oxygen atoms in total. The predicted octanol–water partition coefficient (Wildman–Crippen LogP) is 10.4. The molecule has 30 heavy (non-hydrogen) atoms. The van der Waals surface area contributed by atoms with E-state index >= 15 is 0 Å². The number of hydrogen-bond donors (Lipinski definition) is 0. The van der Waals surface area contributed by atoms with Gasteiger partial charge in [0.2, 0.25) is 0 Å². The van der Waals surface area contributed by atoms with Crippen LogP contribution in [-0.2, 0) is 16.6 Å². The van der Waals surface area contributed by atoms with E-state index in [0.29, 0.717) is 0 Å². The molecule has 11 heteroatoms. The Hall–Kier alpha value is -0.920. The van der Waals surface area contributed by atoms with Crippen molar-refractivity contribution < 1.29 is 25.2 Å². The molecule has 3 rings (SSSR count). The van der Waals surface area contributed by atoms with Crippen molar-refractivity contribution in [3.05, 3.63) is 92.9 Å². The van der Waals surface area contributed by atoms with Crippen molar-refractivity contribution in [3.8, 4) is 0 Å². The van der Waals surface area contributed by atoms with Crippen molar-refractivity contribution in [1.29, 1.82) is 0 Å². The van der Waals surface area contributed by atoms with Crippen molar-refractivity contribution in [3.63, 3.8) is 0 Å². The molecule has 3 aromatic carbocycles. The van der Waals surface area contributed by atoms with E-state index in [1.165, 1.54) is 15.4 Å². The van der Waals surface area contributed by atoms with Gasteiger partial charge in [-0.15, -0.1) is 0 Å². The van der Waals surface area contributed by atoms with Crippen molar-refractivity contribution in [1.82, 2.24) is 0 Å². The van der Waals surface area contributed by atoms with Gasteiger partial charge in [-0.2, -0.15) is 0 Å². The van der Waals surface area contributed by atoms with Gasteiger partial charge in [0.1, 0.15) is 5.75 Å². The van der Waals surface area contributed by atoms with Gasteiger partial charge in [-0.3, -0.25) is 0 Å². The van der Waals surface area contributed by atoms with Gasteiger partial charge < -0.3 is 0 Å². The average Bonchev–Trinajstić information content (AvgIpc) is 2.60. The third kappa shape index (κ3) is 10.9. The van der Waals surface area contributed by atoms with Crippen LogP contribution in [0.15, 0.2) is 87.1 Å². The molecule has 0 bridgehead atoms. The molecule has 0 fully saturated rings. The first-order valence-electron chi connectivity index (χ1n) is 8.10. The van der Waals surface area contributed by atoms with Crippen LogP contribution >= 0.6 is 46.9 Å². The van der Waals surface area contributed by atoms with Crippen molar-refractivity contribution in [2.75, 3.05) is 0 Å². The van der Waals surface area contributed by atoms with E-state index in [0.717, 1.165) is 20.3 Å². The number of hydrogen-bond acceptors (Lipinski definition) is 0. The van der Waals surface area contributed by atoms with Crippen LogP contribution in [0, 0.1) is 0 Å². The van der Waals surface area contributed by atoms with Gasteiger partial charge in [-0.05, 0) is 60.7 Å². The van der Waals surface area contributed by atoms with E-state index in [4.69, 9.17) is 23.2 Å². The molecular weight excluding hydrogens is 556 g/mol. The van der Waals surface area contributed by atoms with Crippen molar-refractivity contribution in [2.24, 2.45) is 0 Å². The van der Waals surface area contributed by atoms with Gasteiger partial charge in [0.15, 0.2) is 9.79 Å². The maximum absolute atomic E-state index is 10.7. The van der Waals surface area contributed by atoms with Gasteiger partial charge in [0.05, 0.1) is 10.9 Å². The van der Waals surface area contributed by atoms with E-state index in [1.54, 1.807) is 0 Å². The third-order valence-corrected chi connectivity index (χ3v) is 6.76. The maximum atomic E-state index is 9.87.